The second-order valence-corrected chi connectivity index (χ2v) is 5.76. The molecule has 1 aromatic carbocycles. The van der Waals surface area contributed by atoms with Gasteiger partial charge in [0.15, 0.2) is 6.61 Å². The maximum absolute atomic E-state index is 12.1. The zero-order valence-corrected chi connectivity index (χ0v) is 12.9. The van der Waals surface area contributed by atoms with Gasteiger partial charge in [-0.3, -0.25) is 4.79 Å². The zero-order chi connectivity index (χ0) is 14.5. The van der Waals surface area contributed by atoms with E-state index in [9.17, 15) is 4.79 Å². The lowest BCUT2D eigenvalue weighted by Gasteiger charge is -2.17. The Balaban J connectivity index is 1.85. The molecule has 0 aliphatic carbocycles. The predicted octanol–water partition coefficient (Wildman–Crippen LogP) is 2.44. The third-order valence-electron chi connectivity index (χ3n) is 3.38. The van der Waals surface area contributed by atoms with Crippen LogP contribution in [-0.4, -0.2) is 44.1 Å². The van der Waals surface area contributed by atoms with Gasteiger partial charge in [-0.25, -0.2) is 0 Å². The Hall–Kier alpha value is -0.970. The van der Waals surface area contributed by atoms with E-state index in [-0.39, 0.29) is 12.5 Å². The van der Waals surface area contributed by atoms with E-state index >= 15 is 0 Å². The van der Waals surface area contributed by atoms with Gasteiger partial charge in [-0.15, -0.1) is 0 Å². The van der Waals surface area contributed by atoms with Crippen molar-refractivity contribution in [2.45, 2.75) is 6.42 Å². The topological polar surface area (TPSA) is 41.6 Å². The van der Waals surface area contributed by atoms with Crippen molar-refractivity contribution < 1.29 is 9.53 Å². The Labute approximate surface area is 129 Å². The molecule has 0 bridgehead atoms. The van der Waals surface area contributed by atoms with Crippen LogP contribution in [0.3, 0.4) is 0 Å². The Morgan fingerprint density at radius 3 is 3.05 bits per heavy atom. The van der Waals surface area contributed by atoms with E-state index in [1.54, 1.807) is 18.2 Å². The fourth-order valence-electron chi connectivity index (χ4n) is 2.33. The first kappa shape index (κ1) is 15.4. The van der Waals surface area contributed by atoms with Crippen LogP contribution in [0.15, 0.2) is 18.2 Å². The van der Waals surface area contributed by atoms with Crippen LogP contribution in [-0.2, 0) is 4.79 Å². The van der Waals surface area contributed by atoms with Crippen molar-refractivity contribution in [3.63, 3.8) is 0 Å². The summed E-state index contributed by atoms with van der Waals surface area (Å²) in [5.74, 6) is 0.955. The average Bonchev–Trinajstić information content (AvgIpc) is 2.88. The van der Waals surface area contributed by atoms with Gasteiger partial charge < -0.3 is 15.0 Å². The molecule has 6 heteroatoms. The van der Waals surface area contributed by atoms with E-state index < -0.39 is 0 Å². The number of benzene rings is 1. The molecule has 1 fully saturated rings. The summed E-state index contributed by atoms with van der Waals surface area (Å²) in [5, 5.41) is 4.13. The van der Waals surface area contributed by atoms with Gasteiger partial charge in [0.2, 0.25) is 0 Å². The molecule has 1 amide bonds. The predicted molar refractivity (Wildman–Crippen MR) is 80.6 cm³/mol. The molecule has 1 heterocycles. The van der Waals surface area contributed by atoms with E-state index in [0.717, 1.165) is 26.1 Å². The first-order chi connectivity index (χ1) is 9.60. The first-order valence-electron chi connectivity index (χ1n) is 6.60. The molecule has 1 aliphatic heterocycles. The monoisotopic (exact) mass is 316 g/mol. The summed E-state index contributed by atoms with van der Waals surface area (Å²) in [6.45, 7) is 2.50. The van der Waals surface area contributed by atoms with Crippen LogP contribution in [0.2, 0.25) is 10.0 Å². The summed E-state index contributed by atoms with van der Waals surface area (Å²) in [4.78, 5) is 13.9. The number of rotatable bonds is 5. The summed E-state index contributed by atoms with van der Waals surface area (Å²) in [6.07, 6.45) is 1.03. The number of ether oxygens (including phenoxy) is 1. The lowest BCUT2D eigenvalue weighted by Crippen LogP contribution is -2.34. The largest absolute Gasteiger partial charge is 0.482 e. The standard InChI is InChI=1S/C14H18Cl2N2O2/c1-17-7-10-4-5-18(8-10)14(19)9-20-13-6-11(15)2-3-12(13)16/h2-3,6,10,17H,4-5,7-9H2,1H3. The lowest BCUT2D eigenvalue weighted by molar-refractivity contribution is -0.132. The second kappa shape index (κ2) is 7.16. The number of amides is 1. The Kier molecular flexibility index (Phi) is 5.52. The van der Waals surface area contributed by atoms with Gasteiger partial charge in [0.25, 0.3) is 5.91 Å². The van der Waals surface area contributed by atoms with Crippen molar-refractivity contribution in [3.8, 4) is 5.75 Å². The minimum atomic E-state index is -0.0142. The molecule has 1 aliphatic rings. The van der Waals surface area contributed by atoms with Gasteiger partial charge in [-0.05, 0) is 38.1 Å². The van der Waals surface area contributed by atoms with Crippen LogP contribution in [0.25, 0.3) is 0 Å². The molecule has 110 valence electrons. The van der Waals surface area contributed by atoms with Gasteiger partial charge in [0.1, 0.15) is 5.75 Å². The van der Waals surface area contributed by atoms with E-state index in [1.807, 2.05) is 11.9 Å². The average molecular weight is 317 g/mol. The molecule has 1 N–H and O–H groups in total. The number of carbonyl (C=O) groups is 1. The van der Waals surface area contributed by atoms with Crippen molar-refractivity contribution in [2.75, 3.05) is 33.3 Å². The molecule has 1 atom stereocenters. The molecule has 4 nitrogen and oxygen atoms in total. The molecule has 1 saturated heterocycles. The first-order valence-corrected chi connectivity index (χ1v) is 7.36. The molecule has 1 aromatic rings. The van der Waals surface area contributed by atoms with Crippen LogP contribution < -0.4 is 10.1 Å². The highest BCUT2D eigenvalue weighted by atomic mass is 35.5. The molecule has 2 rings (SSSR count). The normalized spacial score (nSPS) is 18.4. The van der Waals surface area contributed by atoms with Gasteiger partial charge in [-0.1, -0.05) is 23.2 Å². The Morgan fingerprint density at radius 2 is 2.30 bits per heavy atom. The second-order valence-electron chi connectivity index (χ2n) is 4.92. The Bertz CT molecular complexity index is 482. The highest BCUT2D eigenvalue weighted by molar-refractivity contribution is 6.34. The van der Waals surface area contributed by atoms with E-state index in [4.69, 9.17) is 27.9 Å². The van der Waals surface area contributed by atoms with Crippen LogP contribution in [0, 0.1) is 5.92 Å². The fourth-order valence-corrected chi connectivity index (χ4v) is 2.67. The molecule has 0 spiro atoms. The highest BCUT2D eigenvalue weighted by Gasteiger charge is 2.25. The van der Waals surface area contributed by atoms with E-state index in [1.165, 1.54) is 0 Å². The summed E-state index contributed by atoms with van der Waals surface area (Å²) in [6, 6.07) is 4.95. The van der Waals surface area contributed by atoms with Crippen LogP contribution in [0.4, 0.5) is 0 Å². The number of nitrogens with one attached hydrogen (secondary N) is 1. The van der Waals surface area contributed by atoms with Gasteiger partial charge >= 0.3 is 0 Å². The van der Waals surface area contributed by atoms with Gasteiger partial charge in [0.05, 0.1) is 5.02 Å². The SMILES string of the molecule is CNCC1CCN(C(=O)COc2cc(Cl)ccc2Cl)C1. The summed E-state index contributed by atoms with van der Waals surface area (Å²) >= 11 is 11.9. The summed E-state index contributed by atoms with van der Waals surface area (Å²) in [7, 11) is 1.93. The number of nitrogens with zero attached hydrogens (tertiary/aromatic N) is 1. The van der Waals surface area contributed by atoms with Crippen LogP contribution >= 0.6 is 23.2 Å². The van der Waals surface area contributed by atoms with Crippen molar-refractivity contribution in [1.82, 2.24) is 10.2 Å². The molecule has 0 saturated carbocycles. The molecule has 0 radical (unpaired) electrons. The number of carbonyl (C=O) groups excluding carboxylic acids is 1. The molecular formula is C14H18Cl2N2O2. The van der Waals surface area contributed by atoms with Crippen molar-refractivity contribution >= 4 is 29.1 Å². The maximum atomic E-state index is 12.1. The minimum absolute atomic E-state index is 0.00760. The number of hydrogen-bond donors (Lipinski definition) is 1. The lowest BCUT2D eigenvalue weighted by atomic mass is 10.1. The minimum Gasteiger partial charge on any atom is -0.482 e. The molecule has 0 aromatic heterocycles. The number of likely N-dealkylation sites (tertiary alicyclic amines) is 1. The quantitative estimate of drug-likeness (QED) is 0.907. The van der Waals surface area contributed by atoms with Gasteiger partial charge in [-0.2, -0.15) is 0 Å². The van der Waals surface area contributed by atoms with Crippen LogP contribution in [0.5, 0.6) is 5.75 Å². The summed E-state index contributed by atoms with van der Waals surface area (Å²) < 4.78 is 5.46. The maximum Gasteiger partial charge on any atom is 0.260 e. The van der Waals surface area contributed by atoms with Gasteiger partial charge in [0, 0.05) is 24.2 Å². The van der Waals surface area contributed by atoms with E-state index in [0.29, 0.717) is 21.7 Å². The summed E-state index contributed by atoms with van der Waals surface area (Å²) in [5.41, 5.74) is 0. The van der Waals surface area contributed by atoms with Crippen LogP contribution in [0.1, 0.15) is 6.42 Å². The highest BCUT2D eigenvalue weighted by Crippen LogP contribution is 2.27. The zero-order valence-electron chi connectivity index (χ0n) is 11.4. The third kappa shape index (κ3) is 4.01. The van der Waals surface area contributed by atoms with Crippen molar-refractivity contribution in [3.05, 3.63) is 28.2 Å². The number of halogens is 2. The number of hydrogen-bond acceptors (Lipinski definition) is 3. The molecule has 1 unspecified atom stereocenters. The Morgan fingerprint density at radius 1 is 1.50 bits per heavy atom. The van der Waals surface area contributed by atoms with Crippen molar-refractivity contribution in [2.24, 2.45) is 5.92 Å². The fraction of sp³-hybridized carbons (Fsp3) is 0.500. The molecular weight excluding hydrogens is 299 g/mol. The van der Waals surface area contributed by atoms with Crippen molar-refractivity contribution in [1.29, 1.82) is 0 Å². The van der Waals surface area contributed by atoms with E-state index in [2.05, 4.69) is 5.32 Å². The molecule has 20 heavy (non-hydrogen) atoms. The third-order valence-corrected chi connectivity index (χ3v) is 3.92. The smallest absolute Gasteiger partial charge is 0.260 e.